The van der Waals surface area contributed by atoms with E-state index in [1.807, 2.05) is 12.4 Å². The number of aromatic nitrogens is 6. The van der Waals surface area contributed by atoms with Crippen LogP contribution in [0.25, 0.3) is 22.5 Å². The van der Waals surface area contributed by atoms with Gasteiger partial charge in [0.1, 0.15) is 0 Å². The van der Waals surface area contributed by atoms with Crippen LogP contribution < -0.4 is 0 Å². The normalized spacial score (nSPS) is 14.1. The minimum absolute atomic E-state index is 0.634. The zero-order valence-corrected chi connectivity index (χ0v) is 14.5. The Kier molecular flexibility index (Phi) is 4.50. The average molecular weight is 334 g/mol. The van der Waals surface area contributed by atoms with Crippen molar-refractivity contribution in [3.63, 3.8) is 0 Å². The Labute approximate surface area is 147 Å². The van der Waals surface area contributed by atoms with Crippen molar-refractivity contribution in [2.24, 2.45) is 0 Å². The van der Waals surface area contributed by atoms with Crippen molar-refractivity contribution in [3.8, 4) is 22.5 Å². The first kappa shape index (κ1) is 15.9. The van der Waals surface area contributed by atoms with Gasteiger partial charge in [-0.1, -0.05) is 19.8 Å². The summed E-state index contributed by atoms with van der Waals surface area (Å²) in [6.07, 6.45) is 11.4. The highest BCUT2D eigenvalue weighted by Crippen LogP contribution is 2.39. The highest BCUT2D eigenvalue weighted by Gasteiger charge is 2.24. The molecule has 1 N–H and O–H groups in total. The molecule has 0 spiro atoms. The van der Waals surface area contributed by atoms with Crippen molar-refractivity contribution < 1.29 is 0 Å². The fraction of sp³-hybridized carbons (Fsp3) is 0.421. The van der Waals surface area contributed by atoms with E-state index >= 15 is 0 Å². The lowest BCUT2D eigenvalue weighted by molar-refractivity contribution is 0.707. The lowest BCUT2D eigenvalue weighted by Crippen LogP contribution is -2.07. The monoisotopic (exact) mass is 334 g/mol. The SMILES string of the molecule is CCCc1nc2c(c(-c3ccncc3)c1-c1nn[nH]n1)CCCCC2. The van der Waals surface area contributed by atoms with Gasteiger partial charge in [-0.2, -0.15) is 5.21 Å². The van der Waals surface area contributed by atoms with E-state index in [1.165, 1.54) is 36.1 Å². The van der Waals surface area contributed by atoms with E-state index in [1.54, 1.807) is 0 Å². The Balaban J connectivity index is 2.04. The van der Waals surface area contributed by atoms with Gasteiger partial charge in [-0.05, 0) is 66.1 Å². The van der Waals surface area contributed by atoms with E-state index < -0.39 is 0 Å². The highest BCUT2D eigenvalue weighted by atomic mass is 15.5. The van der Waals surface area contributed by atoms with Crippen LogP contribution in [0.2, 0.25) is 0 Å². The van der Waals surface area contributed by atoms with Gasteiger partial charge in [-0.25, -0.2) is 0 Å². The predicted molar refractivity (Wildman–Crippen MR) is 95.9 cm³/mol. The van der Waals surface area contributed by atoms with Crippen LogP contribution in [-0.4, -0.2) is 30.6 Å². The van der Waals surface area contributed by atoms with Crippen LogP contribution in [-0.2, 0) is 19.3 Å². The number of tetrazole rings is 1. The summed E-state index contributed by atoms with van der Waals surface area (Å²) in [4.78, 5) is 9.26. The molecule has 25 heavy (non-hydrogen) atoms. The van der Waals surface area contributed by atoms with Gasteiger partial charge >= 0.3 is 0 Å². The lowest BCUT2D eigenvalue weighted by atomic mass is 9.89. The molecule has 0 aromatic carbocycles. The Hall–Kier alpha value is -2.63. The Bertz CT molecular complexity index is 842. The van der Waals surface area contributed by atoms with Gasteiger partial charge < -0.3 is 0 Å². The summed E-state index contributed by atoms with van der Waals surface area (Å²) in [7, 11) is 0. The molecule has 3 heterocycles. The highest BCUT2D eigenvalue weighted by molar-refractivity contribution is 5.85. The number of fused-ring (bicyclic) bond motifs is 1. The molecule has 0 radical (unpaired) electrons. The quantitative estimate of drug-likeness (QED) is 0.738. The molecule has 0 aliphatic heterocycles. The van der Waals surface area contributed by atoms with Crippen LogP contribution >= 0.6 is 0 Å². The first-order chi connectivity index (χ1) is 12.4. The molecule has 0 fully saturated rings. The molecule has 0 saturated heterocycles. The van der Waals surface area contributed by atoms with E-state index in [9.17, 15) is 0 Å². The van der Waals surface area contributed by atoms with Crippen LogP contribution in [0.4, 0.5) is 0 Å². The topological polar surface area (TPSA) is 80.2 Å². The van der Waals surface area contributed by atoms with Gasteiger partial charge in [0, 0.05) is 18.1 Å². The minimum atomic E-state index is 0.634. The number of nitrogens with zero attached hydrogens (tertiary/aromatic N) is 5. The molecule has 3 aromatic rings. The second-order valence-corrected chi connectivity index (χ2v) is 6.52. The molecule has 1 aliphatic carbocycles. The minimum Gasteiger partial charge on any atom is -0.265 e. The molecule has 3 aromatic heterocycles. The lowest BCUT2D eigenvalue weighted by Gasteiger charge is -2.19. The van der Waals surface area contributed by atoms with Crippen molar-refractivity contribution >= 4 is 0 Å². The van der Waals surface area contributed by atoms with E-state index in [0.29, 0.717) is 5.82 Å². The van der Waals surface area contributed by atoms with Gasteiger partial charge in [0.05, 0.1) is 11.3 Å². The molecule has 0 atom stereocenters. The fourth-order valence-corrected chi connectivity index (χ4v) is 3.74. The first-order valence-corrected chi connectivity index (χ1v) is 9.07. The predicted octanol–water partition coefficient (Wildman–Crippen LogP) is 3.55. The first-order valence-electron chi connectivity index (χ1n) is 9.07. The summed E-state index contributed by atoms with van der Waals surface area (Å²) in [5, 5.41) is 15.0. The second-order valence-electron chi connectivity index (χ2n) is 6.52. The van der Waals surface area contributed by atoms with Crippen LogP contribution in [0.15, 0.2) is 24.5 Å². The zero-order valence-electron chi connectivity index (χ0n) is 14.5. The van der Waals surface area contributed by atoms with Gasteiger partial charge in [-0.3, -0.25) is 9.97 Å². The number of hydrogen-bond donors (Lipinski definition) is 1. The molecular formula is C19H22N6. The van der Waals surface area contributed by atoms with E-state index in [2.05, 4.69) is 44.7 Å². The second kappa shape index (κ2) is 7.09. The Morgan fingerprint density at radius 1 is 1.04 bits per heavy atom. The smallest absolute Gasteiger partial charge is 0.207 e. The van der Waals surface area contributed by atoms with Crippen LogP contribution in [0, 0.1) is 0 Å². The van der Waals surface area contributed by atoms with Gasteiger partial charge in [0.15, 0.2) is 0 Å². The van der Waals surface area contributed by atoms with Crippen LogP contribution in [0.1, 0.15) is 49.6 Å². The summed E-state index contributed by atoms with van der Waals surface area (Å²) in [5.41, 5.74) is 7.09. The molecule has 0 bridgehead atoms. The number of aryl methyl sites for hydroxylation is 2. The average Bonchev–Trinajstić information content (AvgIpc) is 3.07. The third-order valence-electron chi connectivity index (χ3n) is 4.82. The van der Waals surface area contributed by atoms with Crippen molar-refractivity contribution in [3.05, 3.63) is 41.5 Å². The van der Waals surface area contributed by atoms with Gasteiger partial charge in [0.2, 0.25) is 5.82 Å². The third-order valence-corrected chi connectivity index (χ3v) is 4.82. The largest absolute Gasteiger partial charge is 0.265 e. The third kappa shape index (κ3) is 3.04. The maximum Gasteiger partial charge on any atom is 0.207 e. The van der Waals surface area contributed by atoms with Gasteiger partial charge in [-0.15, -0.1) is 10.2 Å². The number of pyridine rings is 2. The van der Waals surface area contributed by atoms with Crippen molar-refractivity contribution in [2.45, 2.75) is 51.9 Å². The zero-order chi connectivity index (χ0) is 17.1. The molecule has 6 heteroatoms. The van der Waals surface area contributed by atoms with Crippen molar-refractivity contribution in [1.29, 1.82) is 0 Å². The molecule has 128 valence electrons. The number of rotatable bonds is 4. The summed E-state index contributed by atoms with van der Waals surface area (Å²) >= 11 is 0. The molecule has 0 unspecified atom stereocenters. The number of nitrogens with one attached hydrogen (secondary N) is 1. The fourth-order valence-electron chi connectivity index (χ4n) is 3.74. The van der Waals surface area contributed by atoms with E-state index in [0.717, 1.165) is 42.5 Å². The van der Waals surface area contributed by atoms with Crippen molar-refractivity contribution in [2.75, 3.05) is 0 Å². The number of H-pyrrole nitrogens is 1. The molecule has 0 amide bonds. The molecule has 4 rings (SSSR count). The van der Waals surface area contributed by atoms with E-state index in [4.69, 9.17) is 4.98 Å². The molecule has 0 saturated carbocycles. The summed E-state index contributed by atoms with van der Waals surface area (Å²) in [6.45, 7) is 2.18. The standard InChI is InChI=1S/C19H22N6/c1-2-6-16-18(19-22-24-25-23-19)17(13-9-11-20-12-10-13)14-7-4-3-5-8-15(14)21-16/h9-12H,2-8H2,1H3,(H,22,23,24,25). The Morgan fingerprint density at radius 3 is 2.64 bits per heavy atom. The molecule has 1 aliphatic rings. The van der Waals surface area contributed by atoms with Crippen LogP contribution in [0.5, 0.6) is 0 Å². The van der Waals surface area contributed by atoms with Crippen molar-refractivity contribution in [1.82, 2.24) is 30.6 Å². The van der Waals surface area contributed by atoms with Gasteiger partial charge in [0.25, 0.3) is 0 Å². The Morgan fingerprint density at radius 2 is 1.88 bits per heavy atom. The number of aromatic amines is 1. The summed E-state index contributed by atoms with van der Waals surface area (Å²) < 4.78 is 0. The summed E-state index contributed by atoms with van der Waals surface area (Å²) in [6, 6.07) is 4.14. The maximum absolute atomic E-state index is 5.07. The van der Waals surface area contributed by atoms with Crippen LogP contribution in [0.3, 0.4) is 0 Å². The number of hydrogen-bond acceptors (Lipinski definition) is 5. The molecular weight excluding hydrogens is 312 g/mol. The molecule has 6 nitrogen and oxygen atoms in total. The summed E-state index contributed by atoms with van der Waals surface area (Å²) in [5.74, 6) is 0.634. The maximum atomic E-state index is 5.07. The van der Waals surface area contributed by atoms with E-state index in [-0.39, 0.29) is 0 Å².